The van der Waals surface area contributed by atoms with Gasteiger partial charge in [-0.05, 0) is 30.4 Å². The maximum atomic E-state index is 11.2. The first-order chi connectivity index (χ1) is 7.10. The van der Waals surface area contributed by atoms with Crippen molar-refractivity contribution in [1.29, 1.82) is 0 Å². The molecule has 1 atom stereocenters. The van der Waals surface area contributed by atoms with Crippen LogP contribution >= 0.6 is 39.3 Å². The number of halogens is 2. The van der Waals surface area contributed by atoms with E-state index in [2.05, 4.69) is 15.9 Å². The number of hydrogen-bond donors (Lipinski definition) is 0. The van der Waals surface area contributed by atoms with Gasteiger partial charge in [0.2, 0.25) is 0 Å². The summed E-state index contributed by atoms with van der Waals surface area (Å²) in [6, 6.07) is 5.96. The number of alkyl halides is 2. The van der Waals surface area contributed by atoms with Crippen molar-refractivity contribution in [3.63, 3.8) is 0 Å². The molecule has 0 saturated heterocycles. The Morgan fingerprint density at radius 1 is 1.60 bits per heavy atom. The minimum absolute atomic E-state index is 0.104. The van der Waals surface area contributed by atoms with E-state index in [-0.39, 0.29) is 10.6 Å². The molecule has 0 amide bonds. The zero-order valence-corrected chi connectivity index (χ0v) is 11.7. The summed E-state index contributed by atoms with van der Waals surface area (Å²) in [6.45, 7) is 1.57. The van der Waals surface area contributed by atoms with E-state index >= 15 is 0 Å². The second kappa shape index (κ2) is 5.92. The molecule has 1 unspecified atom stereocenters. The Kier molecular flexibility index (Phi) is 5.16. The van der Waals surface area contributed by atoms with Crippen molar-refractivity contribution < 1.29 is 4.79 Å². The molecule has 1 aromatic rings. The van der Waals surface area contributed by atoms with Crippen molar-refractivity contribution in [1.82, 2.24) is 0 Å². The molecular formula is C11H12BrClOS. The third-order valence-corrected chi connectivity index (χ3v) is 4.40. The summed E-state index contributed by atoms with van der Waals surface area (Å²) in [4.78, 5) is 12.2. The predicted octanol–water partition coefficient (Wildman–Crippen LogP) is 4.17. The SMILES string of the molecule is CSc1ccc(C(Br)C(C)=O)cc1CCl. The molecule has 0 heterocycles. The maximum Gasteiger partial charge on any atom is 0.147 e. The van der Waals surface area contributed by atoms with E-state index in [1.165, 1.54) is 0 Å². The quantitative estimate of drug-likeness (QED) is 0.613. The van der Waals surface area contributed by atoms with Crippen molar-refractivity contribution in [3.05, 3.63) is 29.3 Å². The minimum Gasteiger partial charge on any atom is -0.298 e. The lowest BCUT2D eigenvalue weighted by Gasteiger charge is -2.10. The molecule has 0 saturated carbocycles. The largest absolute Gasteiger partial charge is 0.298 e. The van der Waals surface area contributed by atoms with Gasteiger partial charge in [0.15, 0.2) is 0 Å². The summed E-state index contributed by atoms with van der Waals surface area (Å²) >= 11 is 10.9. The Bertz CT molecular complexity index is 368. The predicted molar refractivity (Wildman–Crippen MR) is 70.1 cm³/mol. The monoisotopic (exact) mass is 306 g/mol. The summed E-state index contributed by atoms with van der Waals surface area (Å²) in [6.07, 6.45) is 2.02. The molecule has 0 aliphatic heterocycles. The maximum absolute atomic E-state index is 11.2. The van der Waals surface area contributed by atoms with E-state index in [1.807, 2.05) is 24.5 Å². The first-order valence-corrected chi connectivity index (χ1v) is 7.15. The lowest BCUT2D eigenvalue weighted by Crippen LogP contribution is -2.01. The number of thioether (sulfide) groups is 1. The molecule has 1 nitrogen and oxygen atoms in total. The Labute approximate surface area is 108 Å². The van der Waals surface area contributed by atoms with Crippen molar-refractivity contribution in [2.45, 2.75) is 22.5 Å². The van der Waals surface area contributed by atoms with Crippen LogP contribution in [0.25, 0.3) is 0 Å². The fourth-order valence-electron chi connectivity index (χ4n) is 1.30. The molecule has 15 heavy (non-hydrogen) atoms. The Morgan fingerprint density at radius 3 is 2.73 bits per heavy atom. The fourth-order valence-corrected chi connectivity index (χ4v) is 2.48. The highest BCUT2D eigenvalue weighted by molar-refractivity contribution is 9.09. The topological polar surface area (TPSA) is 17.1 Å². The molecule has 1 rings (SSSR count). The van der Waals surface area contributed by atoms with Gasteiger partial charge in [-0.15, -0.1) is 23.4 Å². The van der Waals surface area contributed by atoms with Gasteiger partial charge < -0.3 is 0 Å². The summed E-state index contributed by atoms with van der Waals surface area (Å²) in [7, 11) is 0. The Morgan fingerprint density at radius 2 is 2.27 bits per heavy atom. The van der Waals surface area contributed by atoms with E-state index in [1.54, 1.807) is 18.7 Å². The van der Waals surface area contributed by atoms with Gasteiger partial charge in [-0.2, -0.15) is 0 Å². The van der Waals surface area contributed by atoms with Crippen LogP contribution in [-0.2, 0) is 10.7 Å². The van der Waals surface area contributed by atoms with Crippen LogP contribution in [0.4, 0.5) is 0 Å². The van der Waals surface area contributed by atoms with Crippen molar-refractivity contribution in [3.8, 4) is 0 Å². The fraction of sp³-hybridized carbons (Fsp3) is 0.364. The normalized spacial score (nSPS) is 12.5. The number of Topliss-reactive ketones (excluding diaryl/α,β-unsaturated/α-hetero) is 1. The smallest absolute Gasteiger partial charge is 0.147 e. The second-order valence-electron chi connectivity index (χ2n) is 3.18. The minimum atomic E-state index is -0.227. The Balaban J connectivity index is 3.07. The number of rotatable bonds is 4. The van der Waals surface area contributed by atoms with Gasteiger partial charge in [-0.25, -0.2) is 0 Å². The summed E-state index contributed by atoms with van der Waals surface area (Å²) < 4.78 is 0. The summed E-state index contributed by atoms with van der Waals surface area (Å²) in [5, 5.41) is 0. The van der Waals surface area contributed by atoms with Gasteiger partial charge in [0.1, 0.15) is 5.78 Å². The third-order valence-electron chi connectivity index (χ3n) is 2.10. The number of hydrogen-bond acceptors (Lipinski definition) is 2. The first-order valence-electron chi connectivity index (χ1n) is 4.47. The molecule has 82 valence electrons. The molecular weight excluding hydrogens is 296 g/mol. The van der Waals surface area contributed by atoms with Gasteiger partial charge in [-0.1, -0.05) is 28.1 Å². The average Bonchev–Trinajstić information content (AvgIpc) is 2.26. The molecule has 0 bridgehead atoms. The molecule has 0 N–H and O–H groups in total. The van der Waals surface area contributed by atoms with Crippen LogP contribution in [0.2, 0.25) is 0 Å². The van der Waals surface area contributed by atoms with Gasteiger partial charge in [0.05, 0.1) is 4.83 Å². The van der Waals surface area contributed by atoms with Crippen LogP contribution in [0.1, 0.15) is 22.9 Å². The lowest BCUT2D eigenvalue weighted by atomic mass is 10.1. The van der Waals surface area contributed by atoms with E-state index in [0.717, 1.165) is 16.0 Å². The van der Waals surface area contributed by atoms with Crippen molar-refractivity contribution >= 4 is 45.1 Å². The zero-order chi connectivity index (χ0) is 11.4. The van der Waals surface area contributed by atoms with Crippen LogP contribution in [0.5, 0.6) is 0 Å². The molecule has 0 aliphatic carbocycles. The van der Waals surface area contributed by atoms with Crippen molar-refractivity contribution in [2.24, 2.45) is 0 Å². The molecule has 0 spiro atoms. The van der Waals surface area contributed by atoms with Gasteiger partial charge >= 0.3 is 0 Å². The highest BCUT2D eigenvalue weighted by Crippen LogP contribution is 2.29. The van der Waals surface area contributed by atoms with Crippen LogP contribution in [-0.4, -0.2) is 12.0 Å². The van der Waals surface area contributed by atoms with Gasteiger partial charge in [0, 0.05) is 10.8 Å². The highest BCUT2D eigenvalue weighted by Gasteiger charge is 2.13. The zero-order valence-electron chi connectivity index (χ0n) is 8.59. The molecule has 0 aliphatic rings. The summed E-state index contributed by atoms with van der Waals surface area (Å²) in [5.74, 6) is 0.578. The van der Waals surface area contributed by atoms with Crippen LogP contribution in [0.15, 0.2) is 23.1 Å². The first kappa shape index (κ1) is 13.1. The van der Waals surface area contributed by atoms with E-state index in [4.69, 9.17) is 11.6 Å². The molecule has 0 fully saturated rings. The van der Waals surface area contributed by atoms with Crippen LogP contribution in [0, 0.1) is 0 Å². The number of carbonyl (C=O) groups is 1. The Hall–Kier alpha value is 0.01000. The molecule has 4 heteroatoms. The second-order valence-corrected chi connectivity index (χ2v) is 5.21. The lowest BCUT2D eigenvalue weighted by molar-refractivity contribution is -0.116. The number of benzene rings is 1. The number of carbonyl (C=O) groups excluding carboxylic acids is 1. The van der Waals surface area contributed by atoms with Crippen LogP contribution < -0.4 is 0 Å². The van der Waals surface area contributed by atoms with E-state index in [9.17, 15) is 4.79 Å². The molecule has 0 aromatic heterocycles. The van der Waals surface area contributed by atoms with E-state index in [0.29, 0.717) is 5.88 Å². The molecule has 1 aromatic carbocycles. The standard InChI is InChI=1S/C11H12BrClOS/c1-7(14)11(12)8-3-4-10(15-2)9(5-8)6-13/h3-5,11H,6H2,1-2H3. The average molecular weight is 308 g/mol. The highest BCUT2D eigenvalue weighted by atomic mass is 79.9. The summed E-state index contributed by atoms with van der Waals surface area (Å²) in [5.41, 5.74) is 2.04. The molecule has 0 radical (unpaired) electrons. The van der Waals surface area contributed by atoms with Gasteiger partial charge in [0.25, 0.3) is 0 Å². The van der Waals surface area contributed by atoms with E-state index < -0.39 is 0 Å². The van der Waals surface area contributed by atoms with Crippen LogP contribution in [0.3, 0.4) is 0 Å². The third kappa shape index (κ3) is 3.23. The van der Waals surface area contributed by atoms with Crippen molar-refractivity contribution in [2.75, 3.05) is 6.26 Å². The number of ketones is 1. The van der Waals surface area contributed by atoms with Gasteiger partial charge in [-0.3, -0.25) is 4.79 Å².